The predicted molar refractivity (Wildman–Crippen MR) is 121 cm³/mol. The topological polar surface area (TPSA) is 79.2 Å². The van der Waals surface area contributed by atoms with Crippen molar-refractivity contribution in [2.45, 2.75) is 13.1 Å². The van der Waals surface area contributed by atoms with Gasteiger partial charge in [0.25, 0.3) is 5.56 Å². The molecule has 8 nitrogen and oxygen atoms in total. The molecule has 3 heterocycles. The fourth-order valence-corrected chi connectivity index (χ4v) is 3.64. The maximum absolute atomic E-state index is 13.0. The van der Waals surface area contributed by atoms with Gasteiger partial charge in [0.2, 0.25) is 0 Å². The van der Waals surface area contributed by atoms with Crippen molar-refractivity contribution in [3.63, 3.8) is 0 Å². The molecule has 0 atom stereocenters. The third kappa shape index (κ3) is 4.00. The number of methoxy groups -OCH3 is 1. The normalized spacial score (nSPS) is 11.2. The zero-order valence-corrected chi connectivity index (χ0v) is 18.0. The number of hydrogen-bond acceptors (Lipinski definition) is 5. The van der Waals surface area contributed by atoms with Gasteiger partial charge >= 0.3 is 0 Å². The van der Waals surface area contributed by atoms with E-state index < -0.39 is 0 Å². The van der Waals surface area contributed by atoms with E-state index in [1.807, 2.05) is 54.7 Å². The Bertz CT molecular complexity index is 1450. The zero-order chi connectivity index (χ0) is 22.1. The molecule has 3 aromatic heterocycles. The maximum Gasteiger partial charge on any atom is 0.276 e. The lowest BCUT2D eigenvalue weighted by molar-refractivity contribution is 0.415. The Kier molecular flexibility index (Phi) is 5.20. The van der Waals surface area contributed by atoms with Gasteiger partial charge in [-0.1, -0.05) is 41.1 Å². The number of hydrogen-bond donors (Lipinski definition) is 0. The fraction of sp³-hybridized carbons (Fsp3) is 0.130. The minimum absolute atomic E-state index is 0.151. The summed E-state index contributed by atoms with van der Waals surface area (Å²) in [6.07, 6.45) is 5.30. The summed E-state index contributed by atoms with van der Waals surface area (Å²) in [6.45, 7) is 0.889. The standard InChI is InChI=1S/C23H19ClN6O2/c1-32-20-4-2-3-17(11-20)21-12-22-23(31)28(9-10-30(22)26-21)14-19-15-29(27-25-19)13-16-5-7-18(24)8-6-16/h2-12,15H,13-14H2,1H3. The Balaban J connectivity index is 1.39. The van der Waals surface area contributed by atoms with Crippen LogP contribution >= 0.6 is 11.6 Å². The van der Waals surface area contributed by atoms with Crippen molar-refractivity contribution in [1.82, 2.24) is 29.2 Å². The third-order valence-electron chi connectivity index (χ3n) is 5.15. The highest BCUT2D eigenvalue weighted by Gasteiger charge is 2.11. The second kappa shape index (κ2) is 8.32. The molecular formula is C23H19ClN6O2. The minimum Gasteiger partial charge on any atom is -0.497 e. The molecule has 0 bridgehead atoms. The van der Waals surface area contributed by atoms with Crippen LogP contribution in [-0.2, 0) is 13.1 Å². The van der Waals surface area contributed by atoms with Crippen LogP contribution in [0.15, 0.2) is 78.0 Å². The van der Waals surface area contributed by atoms with Crippen LogP contribution in [0.1, 0.15) is 11.3 Å². The molecule has 0 N–H and O–H groups in total. The first-order valence-corrected chi connectivity index (χ1v) is 10.3. The van der Waals surface area contributed by atoms with E-state index in [0.717, 1.165) is 16.9 Å². The summed E-state index contributed by atoms with van der Waals surface area (Å²) in [7, 11) is 1.62. The van der Waals surface area contributed by atoms with Gasteiger partial charge in [-0.2, -0.15) is 5.10 Å². The van der Waals surface area contributed by atoms with Gasteiger partial charge in [-0.15, -0.1) is 5.10 Å². The molecular weight excluding hydrogens is 428 g/mol. The van der Waals surface area contributed by atoms with Crippen molar-refractivity contribution >= 4 is 17.1 Å². The van der Waals surface area contributed by atoms with Crippen LogP contribution in [0.2, 0.25) is 5.02 Å². The highest BCUT2D eigenvalue weighted by molar-refractivity contribution is 6.30. The number of nitrogens with zero attached hydrogens (tertiary/aromatic N) is 6. The lowest BCUT2D eigenvalue weighted by Crippen LogP contribution is -2.21. The Morgan fingerprint density at radius 3 is 2.69 bits per heavy atom. The molecule has 0 saturated heterocycles. The van der Waals surface area contributed by atoms with Crippen molar-refractivity contribution in [3.05, 3.63) is 99.8 Å². The van der Waals surface area contributed by atoms with Gasteiger partial charge in [-0.05, 0) is 35.9 Å². The zero-order valence-electron chi connectivity index (χ0n) is 17.2. The summed E-state index contributed by atoms with van der Waals surface area (Å²) in [5.41, 5.74) is 3.67. The molecule has 0 aliphatic rings. The summed E-state index contributed by atoms with van der Waals surface area (Å²) in [5, 5.41) is 13.6. The quantitative estimate of drug-likeness (QED) is 0.399. The van der Waals surface area contributed by atoms with Crippen molar-refractivity contribution in [3.8, 4) is 17.0 Å². The highest BCUT2D eigenvalue weighted by atomic mass is 35.5. The summed E-state index contributed by atoms with van der Waals surface area (Å²) < 4.78 is 10.2. The number of ether oxygens (including phenoxy) is 1. The van der Waals surface area contributed by atoms with Gasteiger partial charge in [0.1, 0.15) is 17.0 Å². The highest BCUT2D eigenvalue weighted by Crippen LogP contribution is 2.23. The first kappa shape index (κ1) is 20.0. The number of rotatable bonds is 6. The summed E-state index contributed by atoms with van der Waals surface area (Å²) in [4.78, 5) is 13.0. The molecule has 9 heteroatoms. The number of halogens is 1. The molecule has 0 amide bonds. The van der Waals surface area contributed by atoms with Crippen LogP contribution in [0.5, 0.6) is 5.75 Å². The van der Waals surface area contributed by atoms with Crippen molar-refractivity contribution < 1.29 is 4.74 Å². The third-order valence-corrected chi connectivity index (χ3v) is 5.40. The number of aromatic nitrogens is 6. The minimum atomic E-state index is -0.151. The SMILES string of the molecule is COc1cccc(-c2cc3c(=O)n(Cc4cn(Cc5ccc(Cl)cc5)nn4)ccn3n2)c1. The molecule has 32 heavy (non-hydrogen) atoms. The van der Waals surface area contributed by atoms with Gasteiger partial charge in [0.15, 0.2) is 0 Å². The largest absolute Gasteiger partial charge is 0.497 e. The molecule has 0 aliphatic carbocycles. The van der Waals surface area contributed by atoms with E-state index in [1.165, 1.54) is 0 Å². The maximum atomic E-state index is 13.0. The van der Waals surface area contributed by atoms with Crippen LogP contribution in [0.4, 0.5) is 0 Å². The van der Waals surface area contributed by atoms with Crippen LogP contribution in [0, 0.1) is 0 Å². The summed E-state index contributed by atoms with van der Waals surface area (Å²) in [5.74, 6) is 0.735. The van der Waals surface area contributed by atoms with Gasteiger partial charge < -0.3 is 9.30 Å². The van der Waals surface area contributed by atoms with E-state index in [2.05, 4.69) is 15.4 Å². The second-order valence-electron chi connectivity index (χ2n) is 7.36. The Labute approximate surface area is 188 Å². The average molecular weight is 447 g/mol. The Morgan fingerprint density at radius 1 is 1.03 bits per heavy atom. The van der Waals surface area contributed by atoms with Crippen LogP contribution < -0.4 is 10.3 Å². The summed E-state index contributed by atoms with van der Waals surface area (Å²) in [6, 6.07) is 16.9. The van der Waals surface area contributed by atoms with Crippen molar-refractivity contribution in [1.29, 1.82) is 0 Å². The Hall–Kier alpha value is -3.91. The fourth-order valence-electron chi connectivity index (χ4n) is 3.51. The van der Waals surface area contributed by atoms with E-state index in [4.69, 9.17) is 16.3 Å². The molecule has 5 rings (SSSR count). The van der Waals surface area contributed by atoms with E-state index in [9.17, 15) is 4.79 Å². The van der Waals surface area contributed by atoms with Crippen molar-refractivity contribution in [2.24, 2.45) is 0 Å². The average Bonchev–Trinajstić information content (AvgIpc) is 3.45. The molecule has 0 unspecified atom stereocenters. The molecule has 2 aromatic carbocycles. The Morgan fingerprint density at radius 2 is 1.88 bits per heavy atom. The molecule has 160 valence electrons. The molecule has 0 fully saturated rings. The van der Waals surface area contributed by atoms with Crippen LogP contribution in [0.3, 0.4) is 0 Å². The first-order chi connectivity index (χ1) is 15.6. The molecule has 5 aromatic rings. The van der Waals surface area contributed by atoms with Crippen molar-refractivity contribution in [2.75, 3.05) is 7.11 Å². The van der Waals surface area contributed by atoms with Gasteiger partial charge in [0, 0.05) is 23.0 Å². The second-order valence-corrected chi connectivity index (χ2v) is 7.79. The van der Waals surface area contributed by atoms with E-state index in [0.29, 0.717) is 35.0 Å². The molecule has 0 saturated carbocycles. The monoisotopic (exact) mass is 446 g/mol. The van der Waals surface area contributed by atoms with Crippen LogP contribution in [0.25, 0.3) is 16.8 Å². The lowest BCUT2D eigenvalue weighted by atomic mass is 10.1. The smallest absolute Gasteiger partial charge is 0.276 e. The molecule has 0 spiro atoms. The lowest BCUT2D eigenvalue weighted by Gasteiger charge is -2.03. The summed E-state index contributed by atoms with van der Waals surface area (Å²) >= 11 is 5.94. The van der Waals surface area contributed by atoms with E-state index in [-0.39, 0.29) is 5.56 Å². The number of benzene rings is 2. The molecule has 0 aliphatic heterocycles. The number of fused-ring (bicyclic) bond motifs is 1. The first-order valence-electron chi connectivity index (χ1n) is 9.96. The molecule has 0 radical (unpaired) electrons. The van der Waals surface area contributed by atoms with Gasteiger partial charge in [0.05, 0.1) is 32.1 Å². The van der Waals surface area contributed by atoms with Crippen LogP contribution in [-0.4, -0.2) is 36.3 Å². The van der Waals surface area contributed by atoms with E-state index in [1.54, 1.807) is 39.3 Å². The van der Waals surface area contributed by atoms with Gasteiger partial charge in [-0.3, -0.25) is 4.79 Å². The predicted octanol–water partition coefficient (Wildman–Crippen LogP) is 3.51. The van der Waals surface area contributed by atoms with Gasteiger partial charge in [-0.25, -0.2) is 9.20 Å². The van der Waals surface area contributed by atoms with E-state index >= 15 is 0 Å².